The van der Waals surface area contributed by atoms with Crippen LogP contribution in [0.25, 0.3) is 0 Å². The van der Waals surface area contributed by atoms with Gasteiger partial charge in [-0.25, -0.2) is 0 Å². The average Bonchev–Trinajstić information content (AvgIpc) is 2.52. The predicted molar refractivity (Wildman–Crippen MR) is 86.9 cm³/mol. The fraction of sp³-hybridized carbons (Fsp3) is 0.368. The lowest BCUT2D eigenvalue weighted by atomic mass is 9.88. The zero-order valence-electron chi connectivity index (χ0n) is 12.8. The first kappa shape index (κ1) is 14.2. The zero-order valence-corrected chi connectivity index (χ0v) is 12.8. The van der Waals surface area contributed by atoms with E-state index in [9.17, 15) is 0 Å². The van der Waals surface area contributed by atoms with Crippen LogP contribution in [0.4, 0.5) is 0 Å². The molecule has 1 aliphatic rings. The molecule has 0 aliphatic carbocycles. The minimum Gasteiger partial charge on any atom is -0.489 e. The first-order valence-electron chi connectivity index (χ1n) is 7.70. The molecular formula is C19H23NO. The van der Waals surface area contributed by atoms with Gasteiger partial charge in [0.2, 0.25) is 0 Å². The number of likely N-dealkylation sites (N-methyl/N-ethyl adjacent to an activating group) is 1. The van der Waals surface area contributed by atoms with Gasteiger partial charge >= 0.3 is 0 Å². The number of likely N-dealkylation sites (tertiary alicyclic amines) is 1. The highest BCUT2D eigenvalue weighted by atomic mass is 16.5. The summed E-state index contributed by atoms with van der Waals surface area (Å²) in [5.74, 6) is 1.46. The summed E-state index contributed by atoms with van der Waals surface area (Å²) in [6, 6.07) is 19.1. The summed E-state index contributed by atoms with van der Waals surface area (Å²) < 4.78 is 6.37. The van der Waals surface area contributed by atoms with E-state index < -0.39 is 0 Å². The van der Waals surface area contributed by atoms with Gasteiger partial charge in [-0.1, -0.05) is 48.5 Å². The topological polar surface area (TPSA) is 12.5 Å². The van der Waals surface area contributed by atoms with Gasteiger partial charge in [-0.2, -0.15) is 0 Å². The second kappa shape index (κ2) is 6.31. The Morgan fingerprint density at radius 3 is 2.48 bits per heavy atom. The van der Waals surface area contributed by atoms with E-state index in [1.165, 1.54) is 11.1 Å². The lowest BCUT2D eigenvalue weighted by molar-refractivity contribution is 0.0896. The molecule has 110 valence electrons. The Bertz CT molecular complexity index is 581. The number of hydrogen-bond donors (Lipinski definition) is 0. The molecule has 0 N–H and O–H groups in total. The lowest BCUT2D eigenvalue weighted by Crippen LogP contribution is -2.42. The van der Waals surface area contributed by atoms with Crippen molar-refractivity contribution in [1.29, 1.82) is 0 Å². The highest BCUT2D eigenvalue weighted by molar-refractivity contribution is 5.32. The van der Waals surface area contributed by atoms with Crippen molar-refractivity contribution < 1.29 is 4.74 Å². The SMILES string of the molecule is Cc1ccccc1O[C@H]1CCN(C)C[C@H]1c1ccccc1. The van der Waals surface area contributed by atoms with Gasteiger partial charge in [0.25, 0.3) is 0 Å². The highest BCUT2D eigenvalue weighted by Crippen LogP contribution is 2.31. The summed E-state index contributed by atoms with van der Waals surface area (Å²) in [6.45, 7) is 4.27. The molecule has 2 aromatic carbocycles. The van der Waals surface area contributed by atoms with E-state index in [1.807, 2.05) is 0 Å². The van der Waals surface area contributed by atoms with Crippen molar-refractivity contribution >= 4 is 0 Å². The first-order valence-corrected chi connectivity index (χ1v) is 7.70. The van der Waals surface area contributed by atoms with Crippen LogP contribution in [0.2, 0.25) is 0 Å². The Morgan fingerprint density at radius 1 is 1.00 bits per heavy atom. The number of ether oxygens (including phenoxy) is 1. The second-order valence-electron chi connectivity index (χ2n) is 5.99. The Balaban J connectivity index is 1.83. The number of rotatable bonds is 3. The van der Waals surface area contributed by atoms with Gasteiger partial charge in [-0.3, -0.25) is 0 Å². The van der Waals surface area contributed by atoms with E-state index in [4.69, 9.17) is 4.74 Å². The molecular weight excluding hydrogens is 258 g/mol. The van der Waals surface area contributed by atoms with Gasteiger partial charge in [-0.15, -0.1) is 0 Å². The second-order valence-corrected chi connectivity index (χ2v) is 5.99. The van der Waals surface area contributed by atoms with Gasteiger partial charge in [-0.05, 0) is 37.6 Å². The minimum atomic E-state index is 0.254. The normalized spacial score (nSPS) is 23.0. The third-order valence-electron chi connectivity index (χ3n) is 4.35. The molecule has 0 saturated carbocycles. The molecule has 0 unspecified atom stereocenters. The predicted octanol–water partition coefficient (Wildman–Crippen LogP) is 3.86. The third-order valence-corrected chi connectivity index (χ3v) is 4.35. The number of aryl methyl sites for hydroxylation is 1. The van der Waals surface area contributed by atoms with Crippen LogP contribution in [0.15, 0.2) is 54.6 Å². The molecule has 1 heterocycles. The quantitative estimate of drug-likeness (QED) is 0.847. The first-order chi connectivity index (χ1) is 10.2. The summed E-state index contributed by atoms with van der Waals surface area (Å²) >= 11 is 0. The average molecular weight is 281 g/mol. The molecule has 0 amide bonds. The molecule has 3 rings (SSSR count). The maximum absolute atomic E-state index is 6.37. The molecule has 0 spiro atoms. The Hall–Kier alpha value is -1.80. The standard InChI is InChI=1S/C19H23NO/c1-15-8-6-7-11-18(15)21-19-12-13-20(2)14-17(19)16-9-4-3-5-10-16/h3-11,17,19H,12-14H2,1-2H3/t17-,19-/m0/s1. The summed E-state index contributed by atoms with van der Waals surface area (Å²) in [5.41, 5.74) is 2.59. The van der Waals surface area contributed by atoms with Crippen LogP contribution in [0.5, 0.6) is 5.75 Å². The molecule has 2 nitrogen and oxygen atoms in total. The van der Waals surface area contributed by atoms with Gasteiger partial charge in [0.1, 0.15) is 11.9 Å². The molecule has 0 bridgehead atoms. The molecule has 21 heavy (non-hydrogen) atoms. The molecule has 2 heteroatoms. The molecule has 0 radical (unpaired) electrons. The number of benzene rings is 2. The van der Waals surface area contributed by atoms with E-state index in [0.29, 0.717) is 5.92 Å². The molecule has 1 aliphatic heterocycles. The van der Waals surface area contributed by atoms with Crippen molar-refractivity contribution in [3.63, 3.8) is 0 Å². The summed E-state index contributed by atoms with van der Waals surface area (Å²) in [5, 5.41) is 0. The third kappa shape index (κ3) is 3.27. The zero-order chi connectivity index (χ0) is 14.7. The maximum Gasteiger partial charge on any atom is 0.122 e. The van der Waals surface area contributed by atoms with Gasteiger partial charge < -0.3 is 9.64 Å². The van der Waals surface area contributed by atoms with Crippen molar-refractivity contribution in [3.8, 4) is 5.75 Å². The van der Waals surface area contributed by atoms with Crippen molar-refractivity contribution in [1.82, 2.24) is 4.90 Å². The van der Waals surface area contributed by atoms with Crippen LogP contribution < -0.4 is 4.74 Å². The molecule has 2 aromatic rings. The molecule has 1 fully saturated rings. The van der Waals surface area contributed by atoms with Crippen LogP contribution >= 0.6 is 0 Å². The lowest BCUT2D eigenvalue weighted by Gasteiger charge is -2.37. The van der Waals surface area contributed by atoms with Crippen molar-refractivity contribution in [2.75, 3.05) is 20.1 Å². The van der Waals surface area contributed by atoms with E-state index in [2.05, 4.69) is 73.5 Å². The van der Waals surface area contributed by atoms with Crippen molar-refractivity contribution in [3.05, 3.63) is 65.7 Å². The van der Waals surface area contributed by atoms with Crippen LogP contribution in [0, 0.1) is 6.92 Å². The summed E-state index contributed by atoms with van der Waals surface area (Å²) in [7, 11) is 2.19. The molecule has 0 aromatic heterocycles. The summed E-state index contributed by atoms with van der Waals surface area (Å²) in [6.07, 6.45) is 1.33. The van der Waals surface area contributed by atoms with Crippen molar-refractivity contribution in [2.24, 2.45) is 0 Å². The minimum absolute atomic E-state index is 0.254. The molecule has 2 atom stereocenters. The number of nitrogens with zero attached hydrogens (tertiary/aromatic N) is 1. The Kier molecular flexibility index (Phi) is 4.26. The number of para-hydroxylation sites is 1. The number of piperidine rings is 1. The summed E-state index contributed by atoms with van der Waals surface area (Å²) in [4.78, 5) is 2.40. The molecule has 1 saturated heterocycles. The van der Waals surface area contributed by atoms with Crippen LogP contribution in [-0.4, -0.2) is 31.1 Å². The van der Waals surface area contributed by atoms with E-state index in [1.54, 1.807) is 0 Å². The Labute approximate surface area is 127 Å². The largest absolute Gasteiger partial charge is 0.489 e. The number of hydrogen-bond acceptors (Lipinski definition) is 2. The maximum atomic E-state index is 6.37. The monoisotopic (exact) mass is 281 g/mol. The van der Waals surface area contributed by atoms with E-state index in [-0.39, 0.29) is 6.10 Å². The van der Waals surface area contributed by atoms with Gasteiger partial charge in [0.05, 0.1) is 0 Å². The van der Waals surface area contributed by atoms with Gasteiger partial charge in [0.15, 0.2) is 0 Å². The Morgan fingerprint density at radius 2 is 1.71 bits per heavy atom. The highest BCUT2D eigenvalue weighted by Gasteiger charge is 2.30. The van der Waals surface area contributed by atoms with E-state index >= 15 is 0 Å². The fourth-order valence-corrected chi connectivity index (χ4v) is 3.11. The van der Waals surface area contributed by atoms with E-state index in [0.717, 1.165) is 25.3 Å². The van der Waals surface area contributed by atoms with Crippen LogP contribution in [0.1, 0.15) is 23.5 Å². The fourth-order valence-electron chi connectivity index (χ4n) is 3.11. The van der Waals surface area contributed by atoms with Crippen LogP contribution in [0.3, 0.4) is 0 Å². The van der Waals surface area contributed by atoms with Crippen molar-refractivity contribution in [2.45, 2.75) is 25.4 Å². The van der Waals surface area contributed by atoms with Crippen LogP contribution in [-0.2, 0) is 0 Å². The smallest absolute Gasteiger partial charge is 0.122 e. The van der Waals surface area contributed by atoms with Gasteiger partial charge in [0, 0.05) is 19.0 Å².